The minimum atomic E-state index is 0.483. The van der Waals surface area contributed by atoms with Gasteiger partial charge < -0.3 is 10.6 Å². The Bertz CT molecular complexity index is 97.4. The Kier molecular flexibility index (Phi) is 2.69. The standard InChI is InChI=1S/C8H18N2/c1-8(4-3-5-8)10-7-6-9-2/h9-10H,3-7H2,1-2H3. The van der Waals surface area contributed by atoms with Crippen LogP contribution in [0.5, 0.6) is 0 Å². The number of nitrogens with one attached hydrogen (secondary N) is 2. The average Bonchev–Trinajstić information content (AvgIpc) is 1.85. The molecule has 0 amide bonds. The predicted molar refractivity (Wildman–Crippen MR) is 44.2 cm³/mol. The molecule has 1 saturated carbocycles. The van der Waals surface area contributed by atoms with Gasteiger partial charge in [-0.3, -0.25) is 0 Å². The summed E-state index contributed by atoms with van der Waals surface area (Å²) in [7, 11) is 1.99. The van der Waals surface area contributed by atoms with Crippen molar-refractivity contribution in [2.75, 3.05) is 20.1 Å². The van der Waals surface area contributed by atoms with Crippen molar-refractivity contribution in [3.05, 3.63) is 0 Å². The fourth-order valence-corrected chi connectivity index (χ4v) is 1.37. The first-order valence-corrected chi connectivity index (χ1v) is 4.16. The third-order valence-corrected chi connectivity index (χ3v) is 2.38. The van der Waals surface area contributed by atoms with Crippen LogP contribution < -0.4 is 10.6 Å². The number of hydrogen-bond donors (Lipinski definition) is 2. The smallest absolute Gasteiger partial charge is 0.0153 e. The topological polar surface area (TPSA) is 24.1 Å². The highest BCUT2D eigenvalue weighted by Crippen LogP contribution is 2.30. The van der Waals surface area contributed by atoms with Crippen molar-refractivity contribution in [2.45, 2.75) is 31.7 Å². The molecule has 10 heavy (non-hydrogen) atoms. The molecule has 0 bridgehead atoms. The van der Waals surface area contributed by atoms with Crippen LogP contribution in [0.15, 0.2) is 0 Å². The van der Waals surface area contributed by atoms with E-state index >= 15 is 0 Å². The normalized spacial score (nSPS) is 22.2. The first-order valence-electron chi connectivity index (χ1n) is 4.16. The molecule has 2 nitrogen and oxygen atoms in total. The van der Waals surface area contributed by atoms with E-state index in [0.29, 0.717) is 5.54 Å². The maximum atomic E-state index is 3.53. The zero-order chi connectivity index (χ0) is 7.45. The van der Waals surface area contributed by atoms with Crippen molar-refractivity contribution in [1.29, 1.82) is 0 Å². The van der Waals surface area contributed by atoms with Gasteiger partial charge >= 0.3 is 0 Å². The second-order valence-electron chi connectivity index (χ2n) is 3.44. The Hall–Kier alpha value is -0.0800. The fourth-order valence-electron chi connectivity index (χ4n) is 1.37. The van der Waals surface area contributed by atoms with Crippen LogP contribution in [-0.4, -0.2) is 25.7 Å². The van der Waals surface area contributed by atoms with Crippen LogP contribution in [-0.2, 0) is 0 Å². The van der Waals surface area contributed by atoms with Gasteiger partial charge in [-0.2, -0.15) is 0 Å². The van der Waals surface area contributed by atoms with Crippen LogP contribution in [0.3, 0.4) is 0 Å². The quantitative estimate of drug-likeness (QED) is 0.566. The molecule has 1 aliphatic rings. The second kappa shape index (κ2) is 3.35. The monoisotopic (exact) mass is 142 g/mol. The van der Waals surface area contributed by atoms with Crippen LogP contribution in [0, 0.1) is 0 Å². The van der Waals surface area contributed by atoms with E-state index in [2.05, 4.69) is 17.6 Å². The lowest BCUT2D eigenvalue weighted by molar-refractivity contribution is 0.210. The Labute approximate surface area is 63.4 Å². The molecule has 0 atom stereocenters. The maximum Gasteiger partial charge on any atom is 0.0153 e. The minimum absolute atomic E-state index is 0.483. The van der Waals surface area contributed by atoms with E-state index < -0.39 is 0 Å². The van der Waals surface area contributed by atoms with E-state index in [9.17, 15) is 0 Å². The molecule has 2 heteroatoms. The van der Waals surface area contributed by atoms with Crippen LogP contribution in [0.4, 0.5) is 0 Å². The lowest BCUT2D eigenvalue weighted by atomic mass is 9.78. The highest BCUT2D eigenvalue weighted by molar-refractivity contribution is 4.91. The largest absolute Gasteiger partial charge is 0.318 e. The van der Waals surface area contributed by atoms with Gasteiger partial charge in [0, 0.05) is 18.6 Å². The van der Waals surface area contributed by atoms with Gasteiger partial charge in [-0.15, -0.1) is 0 Å². The molecule has 0 unspecified atom stereocenters. The maximum absolute atomic E-state index is 3.53. The lowest BCUT2D eigenvalue weighted by Crippen LogP contribution is -2.49. The zero-order valence-corrected chi connectivity index (χ0v) is 7.04. The molecule has 1 rings (SSSR count). The lowest BCUT2D eigenvalue weighted by Gasteiger charge is -2.39. The molecule has 1 fully saturated rings. The molecule has 0 saturated heterocycles. The SMILES string of the molecule is CNCCNC1(C)CCC1. The van der Waals surface area contributed by atoms with E-state index in [1.165, 1.54) is 19.3 Å². The van der Waals surface area contributed by atoms with E-state index in [4.69, 9.17) is 0 Å². The fraction of sp³-hybridized carbons (Fsp3) is 1.00. The summed E-state index contributed by atoms with van der Waals surface area (Å²) in [6, 6.07) is 0. The average molecular weight is 142 g/mol. The van der Waals surface area contributed by atoms with Crippen molar-refractivity contribution in [2.24, 2.45) is 0 Å². The second-order valence-corrected chi connectivity index (χ2v) is 3.44. The summed E-state index contributed by atoms with van der Waals surface area (Å²) in [5.41, 5.74) is 0.483. The molecular formula is C8H18N2. The molecule has 0 aromatic heterocycles. The van der Waals surface area contributed by atoms with E-state index in [0.717, 1.165) is 13.1 Å². The molecule has 0 aromatic carbocycles. The van der Waals surface area contributed by atoms with Crippen molar-refractivity contribution in [3.8, 4) is 0 Å². The summed E-state index contributed by atoms with van der Waals surface area (Å²) >= 11 is 0. The molecule has 0 radical (unpaired) electrons. The number of hydrogen-bond acceptors (Lipinski definition) is 2. The van der Waals surface area contributed by atoms with Crippen molar-refractivity contribution >= 4 is 0 Å². The molecular weight excluding hydrogens is 124 g/mol. The molecule has 1 aliphatic carbocycles. The minimum Gasteiger partial charge on any atom is -0.318 e. The van der Waals surface area contributed by atoms with Gasteiger partial charge in [0.2, 0.25) is 0 Å². The summed E-state index contributed by atoms with van der Waals surface area (Å²) in [4.78, 5) is 0. The Morgan fingerprint density at radius 2 is 2.00 bits per heavy atom. The molecule has 0 heterocycles. The summed E-state index contributed by atoms with van der Waals surface area (Å²) in [5.74, 6) is 0. The number of rotatable bonds is 4. The molecule has 60 valence electrons. The molecule has 2 N–H and O–H groups in total. The Morgan fingerprint density at radius 1 is 1.30 bits per heavy atom. The van der Waals surface area contributed by atoms with Gasteiger partial charge in [-0.05, 0) is 33.2 Å². The van der Waals surface area contributed by atoms with Crippen LogP contribution in [0.25, 0.3) is 0 Å². The highest BCUT2D eigenvalue weighted by atomic mass is 15.0. The zero-order valence-electron chi connectivity index (χ0n) is 7.04. The molecule has 0 aromatic rings. The van der Waals surface area contributed by atoms with Crippen LogP contribution in [0.2, 0.25) is 0 Å². The predicted octanol–water partition coefficient (Wildman–Crippen LogP) is 0.738. The summed E-state index contributed by atoms with van der Waals surface area (Å²) in [5, 5.41) is 6.66. The van der Waals surface area contributed by atoms with Gasteiger partial charge in [-0.1, -0.05) is 0 Å². The van der Waals surface area contributed by atoms with Gasteiger partial charge in [0.15, 0.2) is 0 Å². The Morgan fingerprint density at radius 3 is 2.40 bits per heavy atom. The first-order chi connectivity index (χ1) is 4.77. The third-order valence-electron chi connectivity index (χ3n) is 2.38. The van der Waals surface area contributed by atoms with Crippen molar-refractivity contribution in [3.63, 3.8) is 0 Å². The van der Waals surface area contributed by atoms with Crippen molar-refractivity contribution in [1.82, 2.24) is 10.6 Å². The van der Waals surface area contributed by atoms with Crippen molar-refractivity contribution < 1.29 is 0 Å². The van der Waals surface area contributed by atoms with E-state index in [-0.39, 0.29) is 0 Å². The highest BCUT2D eigenvalue weighted by Gasteiger charge is 2.30. The van der Waals surface area contributed by atoms with Crippen LogP contribution >= 0.6 is 0 Å². The molecule has 0 spiro atoms. The van der Waals surface area contributed by atoms with Gasteiger partial charge in [0.05, 0.1) is 0 Å². The van der Waals surface area contributed by atoms with E-state index in [1.54, 1.807) is 0 Å². The van der Waals surface area contributed by atoms with Crippen LogP contribution in [0.1, 0.15) is 26.2 Å². The Balaban J connectivity index is 2.01. The van der Waals surface area contributed by atoms with Gasteiger partial charge in [-0.25, -0.2) is 0 Å². The third kappa shape index (κ3) is 1.96. The first kappa shape index (κ1) is 8.02. The van der Waals surface area contributed by atoms with Gasteiger partial charge in [0.1, 0.15) is 0 Å². The van der Waals surface area contributed by atoms with Gasteiger partial charge in [0.25, 0.3) is 0 Å². The summed E-state index contributed by atoms with van der Waals surface area (Å²) < 4.78 is 0. The van der Waals surface area contributed by atoms with E-state index in [1.807, 2.05) is 7.05 Å². The number of likely N-dealkylation sites (N-methyl/N-ethyl adjacent to an activating group) is 1. The summed E-state index contributed by atoms with van der Waals surface area (Å²) in [6.45, 7) is 4.49. The molecule has 0 aliphatic heterocycles. The summed E-state index contributed by atoms with van der Waals surface area (Å²) in [6.07, 6.45) is 4.12.